The number of hydrogen-bond acceptors (Lipinski definition) is 8. The Labute approximate surface area is 211 Å². The number of amides is 2. The Morgan fingerprint density at radius 3 is 2.89 bits per heavy atom. The zero-order valence-corrected chi connectivity index (χ0v) is 20.7. The predicted molar refractivity (Wildman–Crippen MR) is 137 cm³/mol. The number of fused-ring (bicyclic) bond motifs is 1. The van der Waals surface area contributed by atoms with E-state index >= 15 is 0 Å². The number of methoxy groups -OCH3 is 1. The molecule has 0 bridgehead atoms. The third kappa shape index (κ3) is 6.07. The van der Waals surface area contributed by atoms with Crippen molar-refractivity contribution < 1.29 is 14.3 Å². The predicted octanol–water partition coefficient (Wildman–Crippen LogP) is 4.28. The molecule has 2 aromatic heterocycles. The van der Waals surface area contributed by atoms with Crippen molar-refractivity contribution in [1.29, 1.82) is 5.26 Å². The van der Waals surface area contributed by atoms with E-state index in [9.17, 15) is 14.9 Å². The van der Waals surface area contributed by atoms with Crippen LogP contribution in [-0.2, 0) is 28.2 Å². The van der Waals surface area contributed by atoms with Gasteiger partial charge in [-0.2, -0.15) is 10.4 Å². The molecule has 0 saturated carbocycles. The van der Waals surface area contributed by atoms with Crippen molar-refractivity contribution in [2.24, 2.45) is 5.10 Å². The van der Waals surface area contributed by atoms with Crippen LogP contribution in [0.25, 0.3) is 0 Å². The number of hydrazone groups is 1. The van der Waals surface area contributed by atoms with E-state index in [0.717, 1.165) is 58.0 Å². The summed E-state index contributed by atoms with van der Waals surface area (Å²) in [5.74, 6) is -0.390. The number of hydrogen-bond donors (Lipinski definition) is 2. The Hall–Kier alpha value is -3.68. The first-order valence-electron chi connectivity index (χ1n) is 11.0. The maximum Gasteiger partial charge on any atom is 0.329 e. The van der Waals surface area contributed by atoms with Crippen molar-refractivity contribution in [3.63, 3.8) is 0 Å². The molecule has 10 heteroatoms. The fraction of sp³-hybridized carbons (Fsp3) is 0.240. The van der Waals surface area contributed by atoms with Gasteiger partial charge in [-0.15, -0.1) is 23.1 Å². The maximum atomic E-state index is 12.4. The van der Waals surface area contributed by atoms with Gasteiger partial charge in [0.15, 0.2) is 0 Å². The summed E-state index contributed by atoms with van der Waals surface area (Å²) in [5, 5.41) is 17.3. The van der Waals surface area contributed by atoms with Gasteiger partial charge in [0.2, 0.25) is 0 Å². The fourth-order valence-corrected chi connectivity index (χ4v) is 5.80. The summed E-state index contributed by atoms with van der Waals surface area (Å²) in [7, 11) is 1.61. The summed E-state index contributed by atoms with van der Waals surface area (Å²) in [6.45, 7) is 0. The second kappa shape index (κ2) is 11.6. The lowest BCUT2D eigenvalue weighted by atomic mass is 9.96. The molecule has 2 N–H and O–H groups in total. The van der Waals surface area contributed by atoms with E-state index in [-0.39, 0.29) is 0 Å². The molecule has 1 aliphatic carbocycles. The van der Waals surface area contributed by atoms with Crippen molar-refractivity contribution in [3.05, 3.63) is 69.7 Å². The Morgan fingerprint density at radius 2 is 2.11 bits per heavy atom. The number of pyridine rings is 1. The lowest BCUT2D eigenvalue weighted by Gasteiger charge is -2.09. The number of nitrogens with one attached hydrogen (secondary N) is 2. The van der Waals surface area contributed by atoms with E-state index in [2.05, 4.69) is 26.9 Å². The number of ether oxygens (including phenoxy) is 1. The molecule has 178 valence electrons. The van der Waals surface area contributed by atoms with Gasteiger partial charge in [-0.25, -0.2) is 10.4 Å². The Morgan fingerprint density at radius 1 is 1.26 bits per heavy atom. The molecule has 4 rings (SSSR count). The molecule has 0 saturated heterocycles. The number of thioether (sulfide) groups is 1. The minimum atomic E-state index is -0.907. The van der Waals surface area contributed by atoms with Crippen LogP contribution in [0.4, 0.5) is 5.00 Å². The topological polar surface area (TPSA) is 116 Å². The third-order valence-electron chi connectivity index (χ3n) is 5.41. The van der Waals surface area contributed by atoms with Crippen LogP contribution in [0.15, 0.2) is 52.7 Å². The second-order valence-electron chi connectivity index (χ2n) is 7.71. The maximum absolute atomic E-state index is 12.4. The van der Waals surface area contributed by atoms with Gasteiger partial charge in [-0.05, 0) is 67.1 Å². The lowest BCUT2D eigenvalue weighted by Crippen LogP contribution is -2.32. The average Bonchev–Trinajstić information content (AvgIpc) is 3.24. The summed E-state index contributed by atoms with van der Waals surface area (Å²) < 4.78 is 5.45. The first kappa shape index (κ1) is 24.4. The number of anilines is 1. The number of aryl methyl sites for hydroxylation is 1. The number of rotatable bonds is 7. The molecule has 3 aromatic rings. The van der Waals surface area contributed by atoms with Crippen molar-refractivity contribution >= 4 is 46.1 Å². The lowest BCUT2D eigenvalue weighted by molar-refractivity contribution is -0.136. The number of thiophene rings is 1. The van der Waals surface area contributed by atoms with Crippen molar-refractivity contribution in [2.45, 2.75) is 36.5 Å². The van der Waals surface area contributed by atoms with Crippen LogP contribution in [0.2, 0.25) is 0 Å². The molecule has 0 radical (unpaired) electrons. The van der Waals surface area contributed by atoms with E-state index in [4.69, 9.17) is 4.74 Å². The van der Waals surface area contributed by atoms with Gasteiger partial charge in [0.1, 0.15) is 16.8 Å². The van der Waals surface area contributed by atoms with Gasteiger partial charge in [-0.1, -0.05) is 6.07 Å². The number of nitrogens with zero attached hydrogens (tertiary/aromatic N) is 3. The zero-order valence-electron chi connectivity index (χ0n) is 19.0. The highest BCUT2D eigenvalue weighted by Gasteiger charge is 2.23. The van der Waals surface area contributed by atoms with Gasteiger partial charge in [-0.3, -0.25) is 9.59 Å². The van der Waals surface area contributed by atoms with E-state index < -0.39 is 11.8 Å². The van der Waals surface area contributed by atoms with Crippen molar-refractivity contribution in [3.8, 4) is 11.8 Å². The van der Waals surface area contributed by atoms with Crippen LogP contribution in [-0.4, -0.2) is 30.1 Å². The summed E-state index contributed by atoms with van der Waals surface area (Å²) in [5.41, 5.74) is 5.39. The summed E-state index contributed by atoms with van der Waals surface area (Å²) in [6.07, 6.45) is 7.02. The molecule has 2 amide bonds. The first-order valence-corrected chi connectivity index (χ1v) is 12.8. The number of carbonyl (C=O) groups is 2. The molecule has 1 aliphatic rings. The van der Waals surface area contributed by atoms with Gasteiger partial charge in [0.05, 0.1) is 23.9 Å². The molecule has 0 aliphatic heterocycles. The largest absolute Gasteiger partial charge is 0.496 e. The smallest absolute Gasteiger partial charge is 0.329 e. The molecule has 35 heavy (non-hydrogen) atoms. The van der Waals surface area contributed by atoms with E-state index in [1.165, 1.54) is 17.6 Å². The van der Waals surface area contributed by atoms with Crippen LogP contribution in [0.5, 0.6) is 5.75 Å². The summed E-state index contributed by atoms with van der Waals surface area (Å²) in [6, 6.07) is 13.4. The monoisotopic (exact) mass is 505 g/mol. The molecule has 0 fully saturated rings. The minimum Gasteiger partial charge on any atom is -0.496 e. The van der Waals surface area contributed by atoms with Gasteiger partial charge < -0.3 is 10.1 Å². The number of nitriles is 1. The highest BCUT2D eigenvalue weighted by atomic mass is 32.2. The van der Waals surface area contributed by atoms with Crippen molar-refractivity contribution in [2.75, 3.05) is 12.4 Å². The van der Waals surface area contributed by atoms with Crippen LogP contribution in [0, 0.1) is 11.3 Å². The summed E-state index contributed by atoms with van der Waals surface area (Å²) >= 11 is 2.95. The molecule has 8 nitrogen and oxygen atoms in total. The van der Waals surface area contributed by atoms with E-state index in [1.54, 1.807) is 31.1 Å². The average molecular weight is 506 g/mol. The minimum absolute atomic E-state index is 0.425. The molecular weight excluding hydrogens is 482 g/mol. The fourth-order valence-electron chi connectivity index (χ4n) is 3.72. The molecule has 2 heterocycles. The Bertz CT molecular complexity index is 1300. The number of carbonyl (C=O) groups excluding carboxylic acids is 2. The quantitative estimate of drug-likeness (QED) is 0.214. The molecule has 0 unspecified atom stereocenters. The normalized spacial score (nSPS) is 12.6. The third-order valence-corrected chi connectivity index (χ3v) is 7.61. The van der Waals surface area contributed by atoms with Crippen LogP contribution in [0.3, 0.4) is 0 Å². The molecule has 1 aromatic carbocycles. The van der Waals surface area contributed by atoms with Crippen LogP contribution >= 0.6 is 23.1 Å². The van der Waals surface area contributed by atoms with Crippen LogP contribution < -0.4 is 15.5 Å². The zero-order chi connectivity index (χ0) is 24.6. The van der Waals surface area contributed by atoms with E-state index in [1.807, 2.05) is 30.3 Å². The summed E-state index contributed by atoms with van der Waals surface area (Å²) in [4.78, 5) is 30.0. The Balaban J connectivity index is 1.37. The van der Waals surface area contributed by atoms with Crippen LogP contribution in [0.1, 0.15) is 40.0 Å². The number of aromatic nitrogens is 1. The van der Waals surface area contributed by atoms with Crippen molar-refractivity contribution in [1.82, 2.24) is 10.4 Å². The molecular formula is C25H23N5O3S2. The highest BCUT2D eigenvalue weighted by molar-refractivity contribution is 7.98. The second-order valence-corrected chi connectivity index (χ2v) is 9.81. The molecule has 0 spiro atoms. The van der Waals surface area contributed by atoms with E-state index in [0.29, 0.717) is 16.3 Å². The molecule has 0 atom stereocenters. The SMILES string of the molecule is COc1ccc(C=NNC(=O)C(=O)Nc2sc3c(c2C#N)CCCC3)cc1CSc1ccccn1. The Kier molecular flexibility index (Phi) is 8.13. The number of benzene rings is 1. The first-order chi connectivity index (χ1) is 17.1. The standard InChI is InChI=1S/C25H23N5O3S2/c1-33-20-10-9-16(12-17(20)15-34-22-8-4-5-11-27-22)14-28-30-24(32)23(31)29-25-19(13-26)18-6-2-3-7-21(18)35-25/h4-5,8-12,14H,2-3,6-7,15H2,1H3,(H,29,31)(H,30,32). The highest BCUT2D eigenvalue weighted by Crippen LogP contribution is 2.37. The van der Waals surface area contributed by atoms with Gasteiger partial charge in [0, 0.05) is 22.4 Å². The van der Waals surface area contributed by atoms with Gasteiger partial charge >= 0.3 is 11.8 Å². The van der Waals surface area contributed by atoms with Gasteiger partial charge in [0.25, 0.3) is 0 Å².